The zero-order chi connectivity index (χ0) is 11.0. The maximum atomic E-state index is 11.7. The third kappa shape index (κ3) is 2.40. The number of carbonyl (C=O) groups is 1. The van der Waals surface area contributed by atoms with Gasteiger partial charge in [-0.15, -0.1) is 0 Å². The van der Waals surface area contributed by atoms with Crippen LogP contribution in [0.5, 0.6) is 0 Å². The molecule has 1 atom stereocenters. The predicted molar refractivity (Wildman–Crippen MR) is 71.6 cm³/mol. The number of nitrogens with zero attached hydrogens (tertiary/aromatic N) is 1. The highest BCUT2D eigenvalue weighted by Gasteiger charge is 2.29. The molecule has 0 aliphatic carbocycles. The summed E-state index contributed by atoms with van der Waals surface area (Å²) < 4.78 is 1.92. The number of thiol groups is 1. The lowest BCUT2D eigenvalue weighted by Gasteiger charge is -2.17. The number of hydrogen-bond donors (Lipinski definition) is 1. The average Bonchev–Trinajstić information content (AvgIpc) is 2.45. The second-order valence-corrected chi connectivity index (χ2v) is 5.96. The van der Waals surface area contributed by atoms with Gasteiger partial charge in [-0.1, -0.05) is 15.9 Å². The fourth-order valence-electron chi connectivity index (χ4n) is 1.62. The van der Waals surface area contributed by atoms with Crippen molar-refractivity contribution in [1.29, 1.82) is 0 Å². The molecular formula is C10H9Br2NOS. The number of carbonyl (C=O) groups excluding carboxylic acids is 1. The first-order valence-corrected chi connectivity index (χ1v) is 6.61. The van der Waals surface area contributed by atoms with E-state index in [0.717, 1.165) is 14.6 Å². The lowest BCUT2D eigenvalue weighted by atomic mass is 10.3. The van der Waals surface area contributed by atoms with Crippen LogP contribution in [0.15, 0.2) is 27.1 Å². The summed E-state index contributed by atoms with van der Waals surface area (Å²) in [6, 6.07) is 5.80. The molecule has 1 aromatic carbocycles. The molecule has 1 aliphatic rings. The molecule has 0 bridgehead atoms. The Bertz CT molecular complexity index is 410. The first kappa shape index (κ1) is 11.5. The van der Waals surface area contributed by atoms with Crippen molar-refractivity contribution in [2.75, 3.05) is 11.4 Å². The van der Waals surface area contributed by atoms with Gasteiger partial charge in [0.2, 0.25) is 5.91 Å². The summed E-state index contributed by atoms with van der Waals surface area (Å²) >= 11 is 11.2. The van der Waals surface area contributed by atoms with Gasteiger partial charge >= 0.3 is 0 Å². The number of anilines is 1. The van der Waals surface area contributed by atoms with Gasteiger partial charge in [0, 0.05) is 27.2 Å². The first-order chi connectivity index (χ1) is 7.08. The summed E-state index contributed by atoms with van der Waals surface area (Å²) in [4.78, 5) is 13.4. The van der Waals surface area contributed by atoms with Crippen molar-refractivity contribution in [2.45, 2.75) is 11.7 Å². The highest BCUT2D eigenvalue weighted by Crippen LogP contribution is 2.32. The monoisotopic (exact) mass is 349 g/mol. The molecule has 2 nitrogen and oxygen atoms in total. The topological polar surface area (TPSA) is 20.3 Å². The van der Waals surface area contributed by atoms with Gasteiger partial charge in [0.1, 0.15) is 0 Å². The Morgan fingerprint density at radius 1 is 1.40 bits per heavy atom. The molecule has 1 amide bonds. The second kappa shape index (κ2) is 4.47. The molecule has 1 saturated heterocycles. The van der Waals surface area contributed by atoms with E-state index in [9.17, 15) is 4.79 Å². The van der Waals surface area contributed by atoms with Crippen molar-refractivity contribution < 1.29 is 4.79 Å². The van der Waals surface area contributed by atoms with Crippen LogP contribution in [0.3, 0.4) is 0 Å². The molecule has 0 N–H and O–H groups in total. The Labute approximate surface area is 111 Å². The van der Waals surface area contributed by atoms with Crippen LogP contribution in [-0.2, 0) is 4.79 Å². The zero-order valence-electron chi connectivity index (χ0n) is 7.78. The summed E-state index contributed by atoms with van der Waals surface area (Å²) in [5.74, 6) is 0.137. The van der Waals surface area contributed by atoms with Crippen molar-refractivity contribution in [1.82, 2.24) is 0 Å². The minimum atomic E-state index is 0.137. The summed E-state index contributed by atoms with van der Waals surface area (Å²) in [5, 5.41) is 0.146. The highest BCUT2D eigenvalue weighted by molar-refractivity contribution is 9.11. The van der Waals surface area contributed by atoms with Crippen LogP contribution in [-0.4, -0.2) is 17.7 Å². The molecule has 2 rings (SSSR count). The maximum absolute atomic E-state index is 11.7. The first-order valence-electron chi connectivity index (χ1n) is 4.51. The average molecular weight is 351 g/mol. The van der Waals surface area contributed by atoms with Crippen molar-refractivity contribution in [2.24, 2.45) is 0 Å². The molecular weight excluding hydrogens is 342 g/mol. The normalized spacial score (nSPS) is 21.1. The molecule has 1 fully saturated rings. The Hall–Kier alpha value is -0.000000000000000111. The minimum absolute atomic E-state index is 0.137. The van der Waals surface area contributed by atoms with Gasteiger partial charge in [0.15, 0.2) is 0 Å². The van der Waals surface area contributed by atoms with E-state index in [1.54, 1.807) is 4.90 Å². The number of benzene rings is 1. The number of halogens is 2. The van der Waals surface area contributed by atoms with E-state index in [1.807, 2.05) is 18.2 Å². The lowest BCUT2D eigenvalue weighted by molar-refractivity contribution is -0.117. The van der Waals surface area contributed by atoms with Crippen molar-refractivity contribution >= 4 is 56.1 Å². The molecule has 0 radical (unpaired) electrons. The van der Waals surface area contributed by atoms with Crippen molar-refractivity contribution in [3.8, 4) is 0 Å². The Morgan fingerprint density at radius 3 is 2.67 bits per heavy atom. The molecule has 15 heavy (non-hydrogen) atoms. The second-order valence-electron chi connectivity index (χ2n) is 3.46. The van der Waals surface area contributed by atoms with E-state index in [-0.39, 0.29) is 11.2 Å². The van der Waals surface area contributed by atoms with Crippen molar-refractivity contribution in [3.63, 3.8) is 0 Å². The van der Waals surface area contributed by atoms with Gasteiger partial charge in [0.25, 0.3) is 0 Å². The van der Waals surface area contributed by atoms with Crippen LogP contribution in [0.4, 0.5) is 5.69 Å². The summed E-state index contributed by atoms with van der Waals surface area (Å²) in [7, 11) is 0. The summed E-state index contributed by atoms with van der Waals surface area (Å²) in [6.45, 7) is 0.683. The molecule has 80 valence electrons. The number of hydrogen-bond acceptors (Lipinski definition) is 2. The molecule has 1 aliphatic heterocycles. The Kier molecular flexibility index (Phi) is 3.42. The van der Waals surface area contributed by atoms with Crippen LogP contribution in [0.2, 0.25) is 0 Å². The fourth-order valence-corrected chi connectivity index (χ4v) is 3.20. The van der Waals surface area contributed by atoms with E-state index < -0.39 is 0 Å². The molecule has 5 heteroatoms. The molecule has 1 aromatic rings. The van der Waals surface area contributed by atoms with E-state index in [0.29, 0.717) is 13.0 Å². The number of rotatable bonds is 1. The fraction of sp³-hybridized carbons (Fsp3) is 0.300. The van der Waals surface area contributed by atoms with Gasteiger partial charge in [0.05, 0.1) is 5.69 Å². The lowest BCUT2D eigenvalue weighted by Crippen LogP contribution is -2.24. The van der Waals surface area contributed by atoms with E-state index in [2.05, 4.69) is 44.5 Å². The van der Waals surface area contributed by atoms with Crippen LogP contribution in [0.1, 0.15) is 6.42 Å². The number of amides is 1. The molecule has 0 aromatic heterocycles. The van der Waals surface area contributed by atoms with E-state index in [4.69, 9.17) is 0 Å². The molecule has 1 unspecified atom stereocenters. The van der Waals surface area contributed by atoms with Crippen LogP contribution in [0, 0.1) is 0 Å². The van der Waals surface area contributed by atoms with Crippen LogP contribution in [0.25, 0.3) is 0 Å². The van der Waals surface area contributed by atoms with Gasteiger partial charge < -0.3 is 4.90 Å². The largest absolute Gasteiger partial charge is 0.310 e. The molecule has 0 spiro atoms. The van der Waals surface area contributed by atoms with E-state index in [1.165, 1.54) is 0 Å². The van der Waals surface area contributed by atoms with E-state index >= 15 is 0 Å². The molecule has 1 heterocycles. The maximum Gasteiger partial charge on any atom is 0.228 e. The third-order valence-corrected chi connectivity index (χ3v) is 3.78. The van der Waals surface area contributed by atoms with Crippen molar-refractivity contribution in [3.05, 3.63) is 27.1 Å². The highest BCUT2D eigenvalue weighted by atomic mass is 79.9. The Balaban J connectivity index is 2.34. The summed E-state index contributed by atoms with van der Waals surface area (Å²) in [6.07, 6.45) is 0.519. The summed E-state index contributed by atoms with van der Waals surface area (Å²) in [5.41, 5.74) is 0.916. The van der Waals surface area contributed by atoms with Gasteiger partial charge in [-0.05, 0) is 34.1 Å². The van der Waals surface area contributed by atoms with Gasteiger partial charge in [-0.2, -0.15) is 12.6 Å². The minimum Gasteiger partial charge on any atom is -0.310 e. The standard InChI is InChI=1S/C10H9Br2NOS/c11-6-1-2-9(8(12)3-6)13-5-7(15)4-10(13)14/h1-3,7,15H,4-5H2. The third-order valence-electron chi connectivity index (χ3n) is 2.31. The van der Waals surface area contributed by atoms with Crippen LogP contribution >= 0.6 is 44.5 Å². The smallest absolute Gasteiger partial charge is 0.228 e. The Morgan fingerprint density at radius 2 is 2.13 bits per heavy atom. The van der Waals surface area contributed by atoms with Crippen LogP contribution < -0.4 is 4.90 Å². The predicted octanol–water partition coefficient (Wildman–Crippen LogP) is 3.25. The van der Waals surface area contributed by atoms with Gasteiger partial charge in [-0.25, -0.2) is 0 Å². The SMILES string of the molecule is O=C1CC(S)CN1c1ccc(Br)cc1Br. The zero-order valence-corrected chi connectivity index (χ0v) is 11.8. The molecule has 0 saturated carbocycles. The quantitative estimate of drug-likeness (QED) is 0.771. The van der Waals surface area contributed by atoms with Gasteiger partial charge in [-0.3, -0.25) is 4.79 Å².